The van der Waals surface area contributed by atoms with Gasteiger partial charge in [0, 0.05) is 22.7 Å². The van der Waals surface area contributed by atoms with Gasteiger partial charge in [-0.05, 0) is 29.8 Å². The van der Waals surface area contributed by atoms with Gasteiger partial charge < -0.3 is 14.8 Å². The maximum atomic E-state index is 12.3. The minimum absolute atomic E-state index is 0.0455. The highest BCUT2D eigenvalue weighted by molar-refractivity contribution is 6.14. The number of hydrogen-bond acceptors (Lipinski definition) is 3. The first-order valence-corrected chi connectivity index (χ1v) is 6.84. The van der Waals surface area contributed by atoms with Gasteiger partial charge in [0.2, 0.25) is 0 Å². The van der Waals surface area contributed by atoms with Gasteiger partial charge in [-0.3, -0.25) is 4.79 Å². The van der Waals surface area contributed by atoms with E-state index in [-0.39, 0.29) is 11.5 Å². The second-order valence-corrected chi connectivity index (χ2v) is 4.88. The van der Waals surface area contributed by atoms with E-state index >= 15 is 0 Å². The first-order valence-electron chi connectivity index (χ1n) is 6.84. The standard InChI is InChI=1S/C18H15NO3/c1-22-18-9-7-12(10-17(18)21)6-8-16(20)14-11-19-15-5-3-2-4-13(14)15/h2-11,19,21H,1H3/b8-6+. The molecule has 110 valence electrons. The van der Waals surface area contributed by atoms with Crippen molar-refractivity contribution < 1.29 is 14.6 Å². The SMILES string of the molecule is COc1ccc(/C=C/C(=O)c2c[nH]c3ccccc23)cc1O. The van der Waals surface area contributed by atoms with Crippen LogP contribution in [0.15, 0.2) is 54.7 Å². The van der Waals surface area contributed by atoms with Crippen LogP contribution in [0, 0.1) is 0 Å². The number of hydrogen-bond donors (Lipinski definition) is 2. The van der Waals surface area contributed by atoms with E-state index in [1.807, 2.05) is 24.3 Å². The van der Waals surface area contributed by atoms with Crippen LogP contribution in [-0.4, -0.2) is 23.0 Å². The zero-order chi connectivity index (χ0) is 15.5. The van der Waals surface area contributed by atoms with Gasteiger partial charge in [0.1, 0.15) is 0 Å². The van der Waals surface area contributed by atoms with Crippen molar-refractivity contribution in [3.63, 3.8) is 0 Å². The van der Waals surface area contributed by atoms with E-state index in [4.69, 9.17) is 4.74 Å². The Balaban J connectivity index is 1.86. The number of aromatic amines is 1. The molecule has 2 aromatic carbocycles. The van der Waals surface area contributed by atoms with Gasteiger partial charge in [-0.2, -0.15) is 0 Å². The Kier molecular flexibility index (Phi) is 3.66. The lowest BCUT2D eigenvalue weighted by molar-refractivity contribution is 0.104. The number of aromatic nitrogens is 1. The van der Waals surface area contributed by atoms with Crippen LogP contribution < -0.4 is 4.74 Å². The highest BCUT2D eigenvalue weighted by atomic mass is 16.5. The van der Waals surface area contributed by atoms with Crippen molar-refractivity contribution in [1.82, 2.24) is 4.98 Å². The van der Waals surface area contributed by atoms with E-state index < -0.39 is 0 Å². The van der Waals surface area contributed by atoms with Gasteiger partial charge in [-0.15, -0.1) is 0 Å². The number of ketones is 1. The smallest absolute Gasteiger partial charge is 0.187 e. The van der Waals surface area contributed by atoms with E-state index in [0.29, 0.717) is 11.3 Å². The summed E-state index contributed by atoms with van der Waals surface area (Å²) in [4.78, 5) is 15.4. The number of methoxy groups -OCH3 is 1. The number of phenolic OH excluding ortho intramolecular Hbond substituents is 1. The van der Waals surface area contributed by atoms with Crippen LogP contribution in [0.25, 0.3) is 17.0 Å². The summed E-state index contributed by atoms with van der Waals surface area (Å²) < 4.78 is 4.99. The van der Waals surface area contributed by atoms with Crippen LogP contribution in [0.2, 0.25) is 0 Å². The number of phenols is 1. The summed E-state index contributed by atoms with van der Waals surface area (Å²) in [7, 11) is 1.49. The maximum absolute atomic E-state index is 12.3. The van der Waals surface area contributed by atoms with Crippen molar-refractivity contribution in [3.8, 4) is 11.5 Å². The molecular formula is C18H15NO3. The molecule has 4 heteroatoms. The Hall–Kier alpha value is -3.01. The third-order valence-electron chi connectivity index (χ3n) is 3.48. The van der Waals surface area contributed by atoms with E-state index in [1.54, 1.807) is 30.5 Å². The molecule has 22 heavy (non-hydrogen) atoms. The summed E-state index contributed by atoms with van der Waals surface area (Å²) in [5.74, 6) is 0.358. The third kappa shape index (κ3) is 2.59. The van der Waals surface area contributed by atoms with E-state index in [1.165, 1.54) is 13.2 Å². The Labute approximate surface area is 127 Å². The normalized spacial score (nSPS) is 11.1. The summed E-state index contributed by atoms with van der Waals surface area (Å²) in [5, 5.41) is 10.6. The average Bonchev–Trinajstić information content (AvgIpc) is 2.97. The second-order valence-electron chi connectivity index (χ2n) is 4.88. The minimum atomic E-state index is -0.0900. The molecule has 3 aromatic rings. The number of carbonyl (C=O) groups excluding carboxylic acids is 1. The summed E-state index contributed by atoms with van der Waals surface area (Å²) in [6, 6.07) is 12.6. The van der Waals surface area contributed by atoms with Gasteiger partial charge in [-0.1, -0.05) is 30.3 Å². The molecule has 2 N–H and O–H groups in total. The van der Waals surface area contributed by atoms with Crippen molar-refractivity contribution in [2.75, 3.05) is 7.11 Å². The van der Waals surface area contributed by atoms with Gasteiger partial charge >= 0.3 is 0 Å². The van der Waals surface area contributed by atoms with E-state index in [2.05, 4.69) is 4.98 Å². The minimum Gasteiger partial charge on any atom is -0.504 e. The molecule has 4 nitrogen and oxygen atoms in total. The molecule has 0 saturated heterocycles. The number of rotatable bonds is 4. The summed E-state index contributed by atoms with van der Waals surface area (Å²) in [5.41, 5.74) is 2.29. The number of nitrogens with one attached hydrogen (secondary N) is 1. The molecule has 0 spiro atoms. The number of aromatic hydroxyl groups is 1. The molecule has 1 heterocycles. The maximum Gasteiger partial charge on any atom is 0.187 e. The van der Waals surface area contributed by atoms with Crippen molar-refractivity contribution >= 4 is 22.8 Å². The number of carbonyl (C=O) groups is 1. The van der Waals surface area contributed by atoms with Gasteiger partial charge in [0.25, 0.3) is 0 Å². The fourth-order valence-electron chi connectivity index (χ4n) is 2.35. The Morgan fingerprint density at radius 3 is 2.82 bits per heavy atom. The number of ether oxygens (including phenoxy) is 1. The Bertz CT molecular complexity index is 862. The zero-order valence-electron chi connectivity index (χ0n) is 12.0. The molecule has 0 amide bonds. The fourth-order valence-corrected chi connectivity index (χ4v) is 2.35. The van der Waals surface area contributed by atoms with Crippen molar-refractivity contribution in [2.24, 2.45) is 0 Å². The molecule has 0 aliphatic carbocycles. The number of fused-ring (bicyclic) bond motifs is 1. The summed E-state index contributed by atoms with van der Waals surface area (Å²) >= 11 is 0. The molecule has 0 aliphatic heterocycles. The molecule has 3 rings (SSSR count). The third-order valence-corrected chi connectivity index (χ3v) is 3.48. The lowest BCUT2D eigenvalue weighted by Crippen LogP contribution is -1.92. The topological polar surface area (TPSA) is 62.3 Å². The molecule has 0 bridgehead atoms. The van der Waals surface area contributed by atoms with Gasteiger partial charge in [-0.25, -0.2) is 0 Å². The Morgan fingerprint density at radius 2 is 2.05 bits per heavy atom. The largest absolute Gasteiger partial charge is 0.504 e. The first kappa shape index (κ1) is 13.9. The van der Waals surface area contributed by atoms with Crippen LogP contribution in [-0.2, 0) is 0 Å². The lowest BCUT2D eigenvalue weighted by Gasteiger charge is -2.03. The van der Waals surface area contributed by atoms with Crippen LogP contribution in [0.4, 0.5) is 0 Å². The van der Waals surface area contributed by atoms with Crippen molar-refractivity contribution in [3.05, 3.63) is 65.9 Å². The molecule has 0 radical (unpaired) electrons. The fraction of sp³-hybridized carbons (Fsp3) is 0.0556. The number of benzene rings is 2. The predicted molar refractivity (Wildman–Crippen MR) is 86.3 cm³/mol. The number of para-hydroxylation sites is 1. The molecule has 0 atom stereocenters. The monoisotopic (exact) mass is 293 g/mol. The molecule has 0 fully saturated rings. The Morgan fingerprint density at radius 1 is 1.23 bits per heavy atom. The number of H-pyrrole nitrogens is 1. The highest BCUT2D eigenvalue weighted by Crippen LogP contribution is 2.27. The average molecular weight is 293 g/mol. The van der Waals surface area contributed by atoms with E-state index in [0.717, 1.165) is 16.5 Å². The second kappa shape index (κ2) is 5.77. The molecule has 0 saturated carbocycles. The molecular weight excluding hydrogens is 278 g/mol. The van der Waals surface area contributed by atoms with Gasteiger partial charge in [0.05, 0.1) is 7.11 Å². The van der Waals surface area contributed by atoms with Gasteiger partial charge in [0.15, 0.2) is 17.3 Å². The van der Waals surface area contributed by atoms with Crippen molar-refractivity contribution in [2.45, 2.75) is 0 Å². The van der Waals surface area contributed by atoms with Crippen LogP contribution in [0.5, 0.6) is 11.5 Å². The molecule has 1 aromatic heterocycles. The first-order chi connectivity index (χ1) is 10.7. The van der Waals surface area contributed by atoms with E-state index in [9.17, 15) is 9.90 Å². The highest BCUT2D eigenvalue weighted by Gasteiger charge is 2.08. The number of allylic oxidation sites excluding steroid dienone is 1. The van der Waals surface area contributed by atoms with Crippen LogP contribution in [0.3, 0.4) is 0 Å². The molecule has 0 unspecified atom stereocenters. The molecule has 0 aliphatic rings. The predicted octanol–water partition coefficient (Wildman–Crippen LogP) is 3.78. The van der Waals surface area contributed by atoms with Crippen molar-refractivity contribution in [1.29, 1.82) is 0 Å². The summed E-state index contributed by atoms with van der Waals surface area (Å²) in [6.07, 6.45) is 4.88. The van der Waals surface area contributed by atoms with Crippen LogP contribution in [0.1, 0.15) is 15.9 Å². The summed E-state index contributed by atoms with van der Waals surface area (Å²) in [6.45, 7) is 0. The lowest BCUT2D eigenvalue weighted by atomic mass is 10.1. The quantitative estimate of drug-likeness (QED) is 0.568. The van der Waals surface area contributed by atoms with Crippen LogP contribution >= 0.6 is 0 Å². The zero-order valence-corrected chi connectivity index (χ0v) is 12.0.